The molecule has 1 atom stereocenters. The molecule has 0 aromatic carbocycles. The number of fused-ring (bicyclic) bond motifs is 1. The van der Waals surface area contributed by atoms with Crippen LogP contribution in [0, 0.1) is 6.08 Å². The lowest BCUT2D eigenvalue weighted by Crippen LogP contribution is -2.35. The summed E-state index contributed by atoms with van der Waals surface area (Å²) in [4.78, 5) is 0. The molecule has 0 aromatic rings. The second-order valence-electron chi connectivity index (χ2n) is 2.35. The Hall–Kier alpha value is -1.09. The average molecular weight is 134 g/mol. The molecule has 2 aliphatic rings. The van der Waals surface area contributed by atoms with E-state index in [1.807, 2.05) is 24.2 Å². The second kappa shape index (κ2) is 1.95. The zero-order valence-electron chi connectivity index (χ0n) is 5.70. The number of hydrazine groups is 1. The summed E-state index contributed by atoms with van der Waals surface area (Å²) < 4.78 is 0. The van der Waals surface area contributed by atoms with E-state index in [0.717, 1.165) is 5.71 Å². The Morgan fingerprint density at radius 1 is 1.80 bits per heavy atom. The number of hydrogen-bond acceptors (Lipinski definition) is 3. The average Bonchev–Trinajstić information content (AvgIpc) is 2.34. The highest BCUT2D eigenvalue weighted by molar-refractivity contribution is 5.99. The molecule has 0 saturated carbocycles. The van der Waals surface area contributed by atoms with Gasteiger partial charge in [0.25, 0.3) is 0 Å². The predicted octanol–water partition coefficient (Wildman–Crippen LogP) is 0.0902. The Bertz CT molecular complexity index is 227. The Morgan fingerprint density at radius 2 is 2.70 bits per heavy atom. The normalized spacial score (nSPS) is 29.7. The number of nitrogens with one attached hydrogen (secondary N) is 1. The molecule has 10 heavy (non-hydrogen) atoms. The van der Waals surface area contributed by atoms with Gasteiger partial charge >= 0.3 is 0 Å². The van der Waals surface area contributed by atoms with Gasteiger partial charge in [-0.3, -0.25) is 0 Å². The monoisotopic (exact) mass is 134 g/mol. The molecular formula is C7H8N3. The van der Waals surface area contributed by atoms with Crippen molar-refractivity contribution in [3.05, 3.63) is 24.3 Å². The van der Waals surface area contributed by atoms with E-state index >= 15 is 0 Å². The quantitative estimate of drug-likeness (QED) is 0.508. The maximum Gasteiger partial charge on any atom is 0.0932 e. The number of hydrogen-bond donors (Lipinski definition) is 1. The molecule has 1 heterocycles. The summed E-state index contributed by atoms with van der Waals surface area (Å²) in [5.41, 5.74) is 3.81. The van der Waals surface area contributed by atoms with Crippen LogP contribution >= 0.6 is 0 Å². The maximum absolute atomic E-state index is 4.04. The Kier molecular flexibility index (Phi) is 1.11. The SMILES string of the molecule is CN1NN=C2[C]=CC=CC21. The van der Waals surface area contributed by atoms with Crippen LogP contribution in [-0.4, -0.2) is 23.8 Å². The lowest BCUT2D eigenvalue weighted by molar-refractivity contribution is 0.264. The Morgan fingerprint density at radius 3 is 3.50 bits per heavy atom. The van der Waals surface area contributed by atoms with Crippen LogP contribution in [-0.2, 0) is 0 Å². The van der Waals surface area contributed by atoms with E-state index < -0.39 is 0 Å². The van der Waals surface area contributed by atoms with Crippen LogP contribution in [0.15, 0.2) is 23.3 Å². The molecule has 1 aliphatic heterocycles. The van der Waals surface area contributed by atoms with E-state index in [1.165, 1.54) is 0 Å². The summed E-state index contributed by atoms with van der Waals surface area (Å²) in [6, 6.07) is 0.282. The molecule has 1 unspecified atom stereocenters. The standard InChI is InChI=1S/C7H8N3/c1-10-7-5-3-2-4-6(7)8-9-10/h2-3,5,7,9H,1H3. The third-order valence-corrected chi connectivity index (χ3v) is 1.65. The van der Waals surface area contributed by atoms with Crippen molar-refractivity contribution >= 4 is 5.71 Å². The van der Waals surface area contributed by atoms with Crippen molar-refractivity contribution in [3.8, 4) is 0 Å². The molecule has 0 fully saturated rings. The Balaban J connectivity index is 2.30. The minimum absolute atomic E-state index is 0.282. The van der Waals surface area contributed by atoms with Crippen LogP contribution in [0.4, 0.5) is 0 Å². The van der Waals surface area contributed by atoms with Crippen LogP contribution in [0.3, 0.4) is 0 Å². The van der Waals surface area contributed by atoms with E-state index in [-0.39, 0.29) is 6.04 Å². The number of nitrogens with zero attached hydrogens (tertiary/aromatic N) is 2. The van der Waals surface area contributed by atoms with Crippen LogP contribution in [0.5, 0.6) is 0 Å². The zero-order valence-corrected chi connectivity index (χ0v) is 5.70. The largest absolute Gasteiger partial charge is 0.239 e. The highest BCUT2D eigenvalue weighted by atomic mass is 15.7. The predicted molar refractivity (Wildman–Crippen MR) is 39.1 cm³/mol. The highest BCUT2D eigenvalue weighted by Gasteiger charge is 2.23. The fourth-order valence-electron chi connectivity index (χ4n) is 1.08. The van der Waals surface area contributed by atoms with Crippen molar-refractivity contribution in [2.75, 3.05) is 7.05 Å². The molecule has 1 radical (unpaired) electrons. The van der Waals surface area contributed by atoms with Crippen LogP contribution in [0.1, 0.15) is 0 Å². The van der Waals surface area contributed by atoms with Gasteiger partial charge in [-0.25, -0.2) is 5.53 Å². The van der Waals surface area contributed by atoms with Crippen LogP contribution < -0.4 is 5.53 Å². The summed E-state index contributed by atoms with van der Waals surface area (Å²) >= 11 is 0. The van der Waals surface area contributed by atoms with Gasteiger partial charge in [0, 0.05) is 13.1 Å². The molecular weight excluding hydrogens is 126 g/mol. The third kappa shape index (κ3) is 0.675. The van der Waals surface area contributed by atoms with Gasteiger partial charge in [0.2, 0.25) is 0 Å². The zero-order chi connectivity index (χ0) is 6.97. The third-order valence-electron chi connectivity index (χ3n) is 1.65. The smallest absolute Gasteiger partial charge is 0.0932 e. The molecule has 3 heteroatoms. The van der Waals surface area contributed by atoms with Gasteiger partial charge in [-0.1, -0.05) is 18.2 Å². The van der Waals surface area contributed by atoms with Gasteiger partial charge in [-0.2, -0.15) is 10.1 Å². The van der Waals surface area contributed by atoms with Crippen LogP contribution in [0.2, 0.25) is 0 Å². The first-order valence-electron chi connectivity index (χ1n) is 3.20. The van der Waals surface area contributed by atoms with Crippen molar-refractivity contribution in [1.82, 2.24) is 10.5 Å². The van der Waals surface area contributed by atoms with Crippen molar-refractivity contribution < 1.29 is 0 Å². The first kappa shape index (κ1) is 5.68. The molecule has 51 valence electrons. The van der Waals surface area contributed by atoms with Gasteiger partial charge < -0.3 is 0 Å². The lowest BCUT2D eigenvalue weighted by atomic mass is 10.1. The maximum atomic E-state index is 4.04. The van der Waals surface area contributed by atoms with Gasteiger partial charge in [0.15, 0.2) is 0 Å². The molecule has 0 bridgehead atoms. The van der Waals surface area contributed by atoms with E-state index in [2.05, 4.69) is 22.8 Å². The van der Waals surface area contributed by atoms with Crippen molar-refractivity contribution in [3.63, 3.8) is 0 Å². The van der Waals surface area contributed by atoms with Crippen molar-refractivity contribution in [1.29, 1.82) is 0 Å². The molecule has 0 saturated heterocycles. The van der Waals surface area contributed by atoms with E-state index in [4.69, 9.17) is 0 Å². The number of hydrazone groups is 1. The lowest BCUT2D eigenvalue weighted by Gasteiger charge is -2.15. The molecule has 3 nitrogen and oxygen atoms in total. The van der Waals surface area contributed by atoms with Gasteiger partial charge in [0.1, 0.15) is 0 Å². The van der Waals surface area contributed by atoms with E-state index in [1.54, 1.807) is 0 Å². The van der Waals surface area contributed by atoms with E-state index in [0.29, 0.717) is 0 Å². The highest BCUT2D eigenvalue weighted by Crippen LogP contribution is 2.09. The summed E-state index contributed by atoms with van der Waals surface area (Å²) in [5, 5.41) is 5.97. The summed E-state index contributed by atoms with van der Waals surface area (Å²) in [7, 11) is 1.96. The van der Waals surface area contributed by atoms with Crippen LogP contribution in [0.25, 0.3) is 0 Å². The molecule has 0 amide bonds. The van der Waals surface area contributed by atoms with Gasteiger partial charge in [-0.05, 0) is 0 Å². The molecule has 0 aromatic heterocycles. The molecule has 1 N–H and O–H groups in total. The minimum Gasteiger partial charge on any atom is -0.239 e. The summed E-state index contributed by atoms with van der Waals surface area (Å²) in [5.74, 6) is 0. The molecule has 0 spiro atoms. The number of likely N-dealkylation sites (N-methyl/N-ethyl adjacent to an activating group) is 1. The summed E-state index contributed by atoms with van der Waals surface area (Å²) in [6.07, 6.45) is 8.97. The number of allylic oxidation sites excluding steroid dienone is 2. The molecule has 1 aliphatic carbocycles. The minimum atomic E-state index is 0.282. The van der Waals surface area contributed by atoms with E-state index in [9.17, 15) is 0 Å². The molecule has 2 rings (SSSR count). The van der Waals surface area contributed by atoms with Crippen molar-refractivity contribution in [2.45, 2.75) is 6.04 Å². The first-order valence-corrected chi connectivity index (χ1v) is 3.20. The summed E-state index contributed by atoms with van der Waals surface area (Å²) in [6.45, 7) is 0. The van der Waals surface area contributed by atoms with Crippen molar-refractivity contribution in [2.24, 2.45) is 5.10 Å². The Labute approximate surface area is 59.7 Å². The van der Waals surface area contributed by atoms with Gasteiger partial charge in [0.05, 0.1) is 11.8 Å². The first-order chi connectivity index (χ1) is 4.88. The fourth-order valence-corrected chi connectivity index (χ4v) is 1.08. The topological polar surface area (TPSA) is 27.6 Å². The number of rotatable bonds is 0. The van der Waals surface area contributed by atoms with Gasteiger partial charge in [-0.15, -0.1) is 0 Å². The second-order valence-corrected chi connectivity index (χ2v) is 2.35. The fraction of sp³-hybridized carbons (Fsp3) is 0.286.